The average molecular weight is 232 g/mol. The van der Waals surface area contributed by atoms with Crippen LogP contribution >= 0.6 is 0 Å². The highest BCUT2D eigenvalue weighted by Crippen LogP contribution is 2.01. The summed E-state index contributed by atoms with van der Waals surface area (Å²) in [5.41, 5.74) is 5.34. The number of unbranched alkanes of at least 4 members (excludes halogenated alkanes) is 1. The Morgan fingerprint density at radius 3 is 2.38 bits per heavy atom. The molecule has 0 aromatic rings. The van der Waals surface area contributed by atoms with E-state index in [1.165, 1.54) is 0 Å². The van der Waals surface area contributed by atoms with Crippen LogP contribution in [0.25, 0.3) is 0 Å². The second kappa shape index (κ2) is 8.06. The third-order valence-corrected chi connectivity index (χ3v) is 2.36. The average Bonchev–Trinajstić information content (AvgIpc) is 2.21. The van der Waals surface area contributed by atoms with Gasteiger partial charge in [-0.3, -0.25) is 14.5 Å². The van der Waals surface area contributed by atoms with Crippen LogP contribution in [0.1, 0.15) is 26.2 Å². The van der Waals surface area contributed by atoms with Crippen molar-refractivity contribution in [3.63, 3.8) is 0 Å². The first-order valence-electron chi connectivity index (χ1n) is 5.40. The topological polar surface area (TPSA) is 104 Å². The molecule has 0 heterocycles. The molecule has 16 heavy (non-hydrogen) atoms. The normalized spacial score (nSPS) is 12.7. The fourth-order valence-electron chi connectivity index (χ4n) is 1.36. The van der Waals surface area contributed by atoms with Crippen LogP contribution in [-0.4, -0.2) is 52.7 Å². The maximum Gasteiger partial charge on any atom is 0.320 e. The van der Waals surface area contributed by atoms with Gasteiger partial charge in [0, 0.05) is 0 Å². The molecule has 6 heteroatoms. The first-order chi connectivity index (χ1) is 7.47. The van der Waals surface area contributed by atoms with Crippen LogP contribution < -0.4 is 5.73 Å². The summed E-state index contributed by atoms with van der Waals surface area (Å²) in [5, 5.41) is 17.1. The van der Waals surface area contributed by atoms with Crippen molar-refractivity contribution in [3.05, 3.63) is 0 Å². The Kier molecular flexibility index (Phi) is 7.49. The monoisotopic (exact) mass is 232 g/mol. The Balaban J connectivity index is 3.63. The molecule has 0 saturated carbocycles. The van der Waals surface area contributed by atoms with E-state index in [0.717, 1.165) is 6.42 Å². The van der Waals surface area contributed by atoms with E-state index in [2.05, 4.69) is 0 Å². The minimum atomic E-state index is -0.988. The summed E-state index contributed by atoms with van der Waals surface area (Å²) in [6, 6.07) is -0.811. The van der Waals surface area contributed by atoms with Gasteiger partial charge < -0.3 is 15.9 Å². The number of carboxylic acid groups (broad SMARTS) is 2. The number of hydrogen-bond acceptors (Lipinski definition) is 4. The minimum absolute atomic E-state index is 0.0293. The molecule has 4 N–H and O–H groups in total. The molecule has 0 unspecified atom stereocenters. The van der Waals surface area contributed by atoms with Crippen LogP contribution in [0.2, 0.25) is 0 Å². The van der Waals surface area contributed by atoms with Crippen LogP contribution in [0.5, 0.6) is 0 Å². The maximum atomic E-state index is 10.5. The van der Waals surface area contributed by atoms with Crippen molar-refractivity contribution < 1.29 is 19.8 Å². The van der Waals surface area contributed by atoms with Crippen molar-refractivity contribution in [1.29, 1.82) is 0 Å². The minimum Gasteiger partial charge on any atom is -0.480 e. The van der Waals surface area contributed by atoms with E-state index in [1.54, 1.807) is 4.90 Å². The second-order valence-electron chi connectivity index (χ2n) is 3.70. The summed E-state index contributed by atoms with van der Waals surface area (Å²) in [7, 11) is 0. The summed E-state index contributed by atoms with van der Waals surface area (Å²) in [6.07, 6.45) is 1.89. The molecule has 0 aromatic heterocycles. The fourth-order valence-corrected chi connectivity index (χ4v) is 1.36. The van der Waals surface area contributed by atoms with Crippen molar-refractivity contribution in [2.24, 2.45) is 5.73 Å². The molecule has 94 valence electrons. The van der Waals surface area contributed by atoms with E-state index in [0.29, 0.717) is 25.9 Å². The second-order valence-corrected chi connectivity index (χ2v) is 3.70. The summed E-state index contributed by atoms with van der Waals surface area (Å²) in [4.78, 5) is 22.7. The Morgan fingerprint density at radius 1 is 1.31 bits per heavy atom. The van der Waals surface area contributed by atoms with E-state index in [-0.39, 0.29) is 6.54 Å². The highest BCUT2D eigenvalue weighted by Gasteiger charge is 2.11. The number of carboxylic acids is 2. The van der Waals surface area contributed by atoms with Gasteiger partial charge >= 0.3 is 11.9 Å². The van der Waals surface area contributed by atoms with Crippen LogP contribution in [0, 0.1) is 0 Å². The third-order valence-electron chi connectivity index (χ3n) is 2.36. The highest BCUT2D eigenvalue weighted by molar-refractivity contribution is 5.72. The zero-order valence-electron chi connectivity index (χ0n) is 9.56. The lowest BCUT2D eigenvalue weighted by atomic mass is 10.1. The molecule has 0 aliphatic rings. The number of likely N-dealkylation sites (N-methyl/N-ethyl adjacent to an activating group) is 1. The van der Waals surface area contributed by atoms with Crippen LogP contribution in [-0.2, 0) is 9.59 Å². The predicted molar refractivity (Wildman–Crippen MR) is 59.2 cm³/mol. The van der Waals surface area contributed by atoms with Crippen LogP contribution in [0.15, 0.2) is 0 Å². The molecule has 0 radical (unpaired) electrons. The van der Waals surface area contributed by atoms with E-state index >= 15 is 0 Å². The van der Waals surface area contributed by atoms with Crippen molar-refractivity contribution in [2.75, 3.05) is 19.6 Å². The zero-order chi connectivity index (χ0) is 12.6. The van der Waals surface area contributed by atoms with Gasteiger partial charge in [-0.2, -0.15) is 0 Å². The molecule has 0 spiro atoms. The molecular formula is C10H20N2O4. The van der Waals surface area contributed by atoms with E-state index < -0.39 is 18.0 Å². The number of rotatable bonds is 9. The zero-order valence-corrected chi connectivity index (χ0v) is 9.56. The van der Waals surface area contributed by atoms with E-state index in [1.807, 2.05) is 6.92 Å². The Morgan fingerprint density at radius 2 is 1.94 bits per heavy atom. The Labute approximate surface area is 95.0 Å². The van der Waals surface area contributed by atoms with Crippen LogP contribution in [0.4, 0.5) is 0 Å². The van der Waals surface area contributed by atoms with Crippen molar-refractivity contribution in [3.8, 4) is 0 Å². The number of nitrogens with zero attached hydrogens (tertiary/aromatic N) is 1. The quantitative estimate of drug-likeness (QED) is 0.482. The lowest BCUT2D eigenvalue weighted by Gasteiger charge is -2.17. The molecule has 0 rings (SSSR count). The van der Waals surface area contributed by atoms with Gasteiger partial charge in [0.15, 0.2) is 0 Å². The number of aliphatic carboxylic acids is 2. The highest BCUT2D eigenvalue weighted by atomic mass is 16.4. The SMILES string of the molecule is CCN(CCCC[C@H](N)C(=O)O)CC(=O)O. The lowest BCUT2D eigenvalue weighted by Crippen LogP contribution is -2.32. The summed E-state index contributed by atoms with van der Waals surface area (Å²) >= 11 is 0. The van der Waals surface area contributed by atoms with Gasteiger partial charge in [0.2, 0.25) is 0 Å². The van der Waals surface area contributed by atoms with Crippen LogP contribution in [0.3, 0.4) is 0 Å². The van der Waals surface area contributed by atoms with Gasteiger partial charge in [-0.15, -0.1) is 0 Å². The summed E-state index contributed by atoms with van der Waals surface area (Å²) in [5.74, 6) is -1.83. The largest absolute Gasteiger partial charge is 0.480 e. The van der Waals surface area contributed by atoms with Gasteiger partial charge in [-0.05, 0) is 25.9 Å². The Bertz CT molecular complexity index is 233. The summed E-state index contributed by atoms with van der Waals surface area (Å²) < 4.78 is 0. The number of carbonyl (C=O) groups is 2. The smallest absolute Gasteiger partial charge is 0.320 e. The standard InChI is InChI=1S/C10H20N2O4/c1-2-12(7-9(13)14)6-4-3-5-8(11)10(15)16/h8H,2-7,11H2,1H3,(H,13,14)(H,15,16)/t8-/m0/s1. The fraction of sp³-hybridized carbons (Fsp3) is 0.800. The van der Waals surface area contributed by atoms with Gasteiger partial charge in [0.05, 0.1) is 6.54 Å². The van der Waals surface area contributed by atoms with Crippen molar-refractivity contribution in [1.82, 2.24) is 4.90 Å². The van der Waals surface area contributed by atoms with Crippen molar-refractivity contribution in [2.45, 2.75) is 32.2 Å². The first kappa shape index (κ1) is 14.9. The first-order valence-corrected chi connectivity index (χ1v) is 5.40. The van der Waals surface area contributed by atoms with Gasteiger partial charge in [-0.1, -0.05) is 13.3 Å². The molecule has 0 bridgehead atoms. The molecule has 1 atom stereocenters. The Hall–Kier alpha value is -1.14. The molecular weight excluding hydrogens is 212 g/mol. The third kappa shape index (κ3) is 7.19. The molecule has 6 nitrogen and oxygen atoms in total. The maximum absolute atomic E-state index is 10.5. The van der Waals surface area contributed by atoms with Gasteiger partial charge in [0.25, 0.3) is 0 Å². The van der Waals surface area contributed by atoms with E-state index in [4.69, 9.17) is 15.9 Å². The van der Waals surface area contributed by atoms with E-state index in [9.17, 15) is 9.59 Å². The predicted octanol–water partition coefficient (Wildman–Crippen LogP) is -0.0249. The number of nitrogens with two attached hydrogens (primary N) is 1. The van der Waals surface area contributed by atoms with Gasteiger partial charge in [-0.25, -0.2) is 0 Å². The molecule has 0 aliphatic heterocycles. The number of hydrogen-bond donors (Lipinski definition) is 3. The molecule has 0 fully saturated rings. The summed E-state index contributed by atoms with van der Waals surface area (Å²) in [6.45, 7) is 3.26. The van der Waals surface area contributed by atoms with Crippen molar-refractivity contribution >= 4 is 11.9 Å². The molecule has 0 saturated heterocycles. The molecule has 0 aliphatic carbocycles. The lowest BCUT2D eigenvalue weighted by molar-refractivity contribution is -0.139. The van der Waals surface area contributed by atoms with Gasteiger partial charge in [0.1, 0.15) is 6.04 Å². The molecule has 0 amide bonds. The molecule has 0 aromatic carbocycles.